The molecule has 2 atom stereocenters. The third-order valence-electron chi connectivity index (χ3n) is 4.13. The van der Waals surface area contributed by atoms with Crippen LogP contribution in [0.2, 0.25) is 0 Å². The van der Waals surface area contributed by atoms with Crippen LogP contribution in [0.4, 0.5) is 13.2 Å². The minimum atomic E-state index is -4.41. The van der Waals surface area contributed by atoms with Gasteiger partial charge in [-0.15, -0.1) is 0 Å². The summed E-state index contributed by atoms with van der Waals surface area (Å²) in [5, 5.41) is 10.7. The largest absolute Gasteiger partial charge is 0.416 e. The molecule has 24 heavy (non-hydrogen) atoms. The van der Waals surface area contributed by atoms with Crippen molar-refractivity contribution in [3.63, 3.8) is 0 Å². The van der Waals surface area contributed by atoms with Crippen molar-refractivity contribution in [2.45, 2.75) is 24.8 Å². The van der Waals surface area contributed by atoms with E-state index in [2.05, 4.69) is 0 Å². The van der Waals surface area contributed by atoms with Crippen molar-refractivity contribution < 1.29 is 23.0 Å². The summed E-state index contributed by atoms with van der Waals surface area (Å²) in [7, 11) is 3.92. The van der Waals surface area contributed by atoms with E-state index < -0.39 is 17.3 Å². The first-order chi connectivity index (χ1) is 11.1. The number of hydrogen-bond donors (Lipinski definition) is 1. The standard InChI is InChI=1S/C17H25F3N2O2/c1-16(23,13-5-4-6-14(9-13)17(18,19)20)12-22-7-8-24-15(11-22)10-21(2)3/h4-6,9,15,23H,7-8,10-12H2,1-3H3. The third kappa shape index (κ3) is 5.17. The molecule has 1 aromatic rings. The van der Waals surface area contributed by atoms with Gasteiger partial charge < -0.3 is 14.7 Å². The molecular formula is C17H25F3N2O2. The molecule has 0 spiro atoms. The zero-order valence-electron chi connectivity index (χ0n) is 14.3. The first-order valence-electron chi connectivity index (χ1n) is 7.97. The van der Waals surface area contributed by atoms with Crippen LogP contribution in [0, 0.1) is 0 Å². The predicted octanol–water partition coefficient (Wildman–Crippen LogP) is 2.18. The number of rotatable bonds is 5. The number of likely N-dealkylation sites (N-methyl/N-ethyl adjacent to an activating group) is 1. The van der Waals surface area contributed by atoms with Gasteiger partial charge in [0.1, 0.15) is 0 Å². The van der Waals surface area contributed by atoms with E-state index in [1.807, 2.05) is 23.9 Å². The number of aliphatic hydroxyl groups is 1. The van der Waals surface area contributed by atoms with Crippen molar-refractivity contribution >= 4 is 0 Å². The number of morpholine rings is 1. The molecule has 0 amide bonds. The summed E-state index contributed by atoms with van der Waals surface area (Å²) in [5.41, 5.74) is -1.83. The fraction of sp³-hybridized carbons (Fsp3) is 0.647. The van der Waals surface area contributed by atoms with Crippen LogP contribution in [0.1, 0.15) is 18.1 Å². The quantitative estimate of drug-likeness (QED) is 0.887. The van der Waals surface area contributed by atoms with Crippen molar-refractivity contribution in [2.75, 3.05) is 46.9 Å². The van der Waals surface area contributed by atoms with E-state index in [4.69, 9.17) is 4.74 Å². The highest BCUT2D eigenvalue weighted by atomic mass is 19.4. The van der Waals surface area contributed by atoms with Crippen molar-refractivity contribution in [3.8, 4) is 0 Å². The fourth-order valence-electron chi connectivity index (χ4n) is 3.00. The maximum atomic E-state index is 12.9. The second-order valence-corrected chi connectivity index (χ2v) is 6.84. The summed E-state index contributed by atoms with van der Waals surface area (Å²) in [6, 6.07) is 4.91. The Balaban J connectivity index is 2.07. The molecule has 2 rings (SSSR count). The number of alkyl halides is 3. The van der Waals surface area contributed by atoms with Gasteiger partial charge in [-0.2, -0.15) is 13.2 Å². The van der Waals surface area contributed by atoms with Crippen molar-refractivity contribution in [1.29, 1.82) is 0 Å². The molecule has 1 saturated heterocycles. The number of benzene rings is 1. The fourth-order valence-corrected chi connectivity index (χ4v) is 3.00. The van der Waals surface area contributed by atoms with E-state index in [0.717, 1.165) is 18.7 Å². The first kappa shape index (κ1) is 19.2. The molecule has 1 aliphatic heterocycles. The SMILES string of the molecule is CN(C)CC1CN(CC(C)(O)c2cccc(C(F)(F)F)c2)CCO1. The molecule has 1 N–H and O–H groups in total. The number of ether oxygens (including phenoxy) is 1. The molecule has 1 aliphatic rings. The van der Waals surface area contributed by atoms with Crippen LogP contribution in [0.15, 0.2) is 24.3 Å². The van der Waals surface area contributed by atoms with Crippen molar-refractivity contribution in [1.82, 2.24) is 9.80 Å². The molecule has 7 heteroatoms. The lowest BCUT2D eigenvalue weighted by molar-refractivity contribution is -0.137. The normalized spacial score (nSPS) is 22.6. The topological polar surface area (TPSA) is 35.9 Å². The van der Waals surface area contributed by atoms with E-state index in [1.165, 1.54) is 12.1 Å². The van der Waals surface area contributed by atoms with Crippen molar-refractivity contribution in [2.24, 2.45) is 0 Å². The summed E-state index contributed by atoms with van der Waals surface area (Å²) in [6.45, 7) is 4.44. The van der Waals surface area contributed by atoms with Crippen LogP contribution >= 0.6 is 0 Å². The van der Waals surface area contributed by atoms with Gasteiger partial charge in [0.15, 0.2) is 0 Å². The van der Waals surface area contributed by atoms with Crippen LogP contribution in [0.3, 0.4) is 0 Å². The minimum absolute atomic E-state index is 0.0334. The lowest BCUT2D eigenvalue weighted by Crippen LogP contribution is -2.50. The van der Waals surface area contributed by atoms with Crippen LogP contribution < -0.4 is 0 Å². The molecule has 0 bridgehead atoms. The summed E-state index contributed by atoms with van der Waals surface area (Å²) < 4.78 is 44.3. The molecule has 0 saturated carbocycles. The van der Waals surface area contributed by atoms with Gasteiger partial charge in [0.25, 0.3) is 0 Å². The lowest BCUT2D eigenvalue weighted by atomic mass is 9.93. The van der Waals surface area contributed by atoms with Gasteiger partial charge in [-0.05, 0) is 38.7 Å². The average Bonchev–Trinajstić information content (AvgIpc) is 2.45. The maximum Gasteiger partial charge on any atom is 0.416 e. The summed E-state index contributed by atoms with van der Waals surface area (Å²) in [6.07, 6.45) is -4.38. The average molecular weight is 346 g/mol. The van der Waals surface area contributed by atoms with Crippen LogP contribution in [0.25, 0.3) is 0 Å². The molecule has 136 valence electrons. The van der Waals surface area contributed by atoms with Crippen LogP contribution in [0.5, 0.6) is 0 Å². The van der Waals surface area contributed by atoms with Gasteiger partial charge in [-0.1, -0.05) is 12.1 Å². The summed E-state index contributed by atoms with van der Waals surface area (Å²) in [5.74, 6) is 0. The van der Waals surface area contributed by atoms with E-state index in [1.54, 1.807) is 6.92 Å². The molecule has 4 nitrogen and oxygen atoms in total. The lowest BCUT2D eigenvalue weighted by Gasteiger charge is -2.38. The van der Waals surface area contributed by atoms with Gasteiger partial charge in [0, 0.05) is 26.2 Å². The second-order valence-electron chi connectivity index (χ2n) is 6.84. The Hall–Kier alpha value is -1.15. The molecule has 2 unspecified atom stereocenters. The molecule has 0 aliphatic carbocycles. The van der Waals surface area contributed by atoms with E-state index in [9.17, 15) is 18.3 Å². The highest BCUT2D eigenvalue weighted by Crippen LogP contribution is 2.32. The molecule has 0 radical (unpaired) electrons. The van der Waals surface area contributed by atoms with Gasteiger partial charge >= 0.3 is 6.18 Å². The molecule has 0 aromatic heterocycles. The summed E-state index contributed by atoms with van der Waals surface area (Å²) in [4.78, 5) is 4.07. The molecule has 1 aromatic carbocycles. The predicted molar refractivity (Wildman–Crippen MR) is 85.7 cm³/mol. The highest BCUT2D eigenvalue weighted by Gasteiger charge is 2.34. The Bertz CT molecular complexity index is 547. The number of halogens is 3. The Morgan fingerprint density at radius 3 is 2.58 bits per heavy atom. The first-order valence-corrected chi connectivity index (χ1v) is 7.97. The van der Waals surface area contributed by atoms with Crippen LogP contribution in [-0.2, 0) is 16.5 Å². The maximum absolute atomic E-state index is 12.9. The Kier molecular flexibility index (Phi) is 5.91. The summed E-state index contributed by atoms with van der Waals surface area (Å²) >= 11 is 0. The van der Waals surface area contributed by atoms with E-state index in [0.29, 0.717) is 19.7 Å². The molecule has 1 heterocycles. The van der Waals surface area contributed by atoms with Gasteiger partial charge in [-0.25, -0.2) is 0 Å². The number of hydrogen-bond acceptors (Lipinski definition) is 4. The highest BCUT2D eigenvalue weighted by molar-refractivity contribution is 5.29. The zero-order chi connectivity index (χ0) is 18.0. The minimum Gasteiger partial charge on any atom is -0.384 e. The van der Waals surface area contributed by atoms with Crippen LogP contribution in [-0.4, -0.2) is 67.9 Å². The Morgan fingerprint density at radius 1 is 1.29 bits per heavy atom. The monoisotopic (exact) mass is 346 g/mol. The van der Waals surface area contributed by atoms with Gasteiger partial charge in [0.2, 0.25) is 0 Å². The second kappa shape index (κ2) is 7.39. The van der Waals surface area contributed by atoms with E-state index in [-0.39, 0.29) is 18.2 Å². The number of β-amino-alcohol motifs (C(OH)–C–C–N with tert-alkyl or cyclic N) is 1. The Labute approximate surface area is 140 Å². The zero-order valence-corrected chi connectivity index (χ0v) is 14.3. The van der Waals surface area contributed by atoms with Gasteiger partial charge in [-0.3, -0.25) is 4.90 Å². The van der Waals surface area contributed by atoms with E-state index >= 15 is 0 Å². The smallest absolute Gasteiger partial charge is 0.384 e. The number of nitrogens with zero attached hydrogens (tertiary/aromatic N) is 2. The molecular weight excluding hydrogens is 321 g/mol. The molecule has 1 fully saturated rings. The van der Waals surface area contributed by atoms with Crippen molar-refractivity contribution in [3.05, 3.63) is 35.4 Å². The van der Waals surface area contributed by atoms with Gasteiger partial charge in [0.05, 0.1) is 23.9 Å². The third-order valence-corrected chi connectivity index (χ3v) is 4.13. The Morgan fingerprint density at radius 2 is 1.96 bits per heavy atom.